The van der Waals surface area contributed by atoms with Gasteiger partial charge in [-0.25, -0.2) is 9.59 Å². The van der Waals surface area contributed by atoms with Crippen molar-refractivity contribution in [2.45, 2.75) is 0 Å². The Morgan fingerprint density at radius 3 is 2.36 bits per heavy atom. The van der Waals surface area contributed by atoms with Crippen molar-refractivity contribution < 1.29 is 19.5 Å². The first-order valence-electron chi connectivity index (χ1n) is 2.66. The molecule has 0 atom stereocenters. The molecule has 6 heteroatoms. The van der Waals surface area contributed by atoms with Crippen LogP contribution in [0.15, 0.2) is 11.8 Å². The Kier molecular flexibility index (Phi) is 1.59. The van der Waals surface area contributed by atoms with Crippen LogP contribution in [0.25, 0.3) is 0 Å². The van der Waals surface area contributed by atoms with Gasteiger partial charge in [0.25, 0.3) is 5.91 Å². The van der Waals surface area contributed by atoms with E-state index < -0.39 is 17.9 Å². The third-order valence-corrected chi connectivity index (χ3v) is 0.988. The Bertz CT molecular complexity index is 268. The van der Waals surface area contributed by atoms with Gasteiger partial charge in [-0.2, -0.15) is 0 Å². The molecule has 0 saturated carbocycles. The van der Waals surface area contributed by atoms with Crippen LogP contribution in [0.3, 0.4) is 0 Å². The normalized spacial score (nSPS) is 19.8. The van der Waals surface area contributed by atoms with E-state index in [0.717, 1.165) is 0 Å². The number of nitrogens with one attached hydrogen (secondary N) is 2. The van der Waals surface area contributed by atoms with Crippen LogP contribution >= 0.6 is 0 Å². The Morgan fingerprint density at radius 2 is 2.00 bits per heavy atom. The second kappa shape index (κ2) is 2.41. The van der Waals surface area contributed by atoms with E-state index in [1.54, 1.807) is 0 Å². The van der Waals surface area contributed by atoms with Crippen molar-refractivity contribution in [3.05, 3.63) is 11.8 Å². The van der Waals surface area contributed by atoms with Gasteiger partial charge in [-0.3, -0.25) is 10.1 Å². The molecule has 0 bridgehead atoms. The maximum absolute atomic E-state index is 10.6. The van der Waals surface area contributed by atoms with Crippen molar-refractivity contribution >= 4 is 17.9 Å². The summed E-state index contributed by atoms with van der Waals surface area (Å²) in [6, 6.07) is -0.706. The van der Waals surface area contributed by atoms with Gasteiger partial charge in [0.1, 0.15) is 5.70 Å². The summed E-state index contributed by atoms with van der Waals surface area (Å²) >= 11 is 0. The number of carbonyl (C=O) groups is 3. The molecule has 0 spiro atoms. The fraction of sp³-hybridized carbons (Fsp3) is 0. The Morgan fingerprint density at radius 1 is 1.36 bits per heavy atom. The van der Waals surface area contributed by atoms with Crippen LogP contribution in [0.4, 0.5) is 4.79 Å². The third-order valence-electron chi connectivity index (χ3n) is 0.988. The van der Waals surface area contributed by atoms with Crippen LogP contribution in [0.1, 0.15) is 0 Å². The van der Waals surface area contributed by atoms with Gasteiger partial charge < -0.3 is 10.4 Å². The van der Waals surface area contributed by atoms with Crippen LogP contribution < -0.4 is 10.6 Å². The smallest absolute Gasteiger partial charge is 0.330 e. The second-order valence-corrected chi connectivity index (χ2v) is 1.80. The van der Waals surface area contributed by atoms with Gasteiger partial charge in [0.05, 0.1) is 6.08 Å². The highest BCUT2D eigenvalue weighted by molar-refractivity contribution is 6.13. The van der Waals surface area contributed by atoms with Gasteiger partial charge >= 0.3 is 12.0 Å². The second-order valence-electron chi connectivity index (χ2n) is 1.80. The molecule has 0 aromatic heterocycles. The molecule has 3 amide bonds. The predicted molar refractivity (Wildman–Crippen MR) is 32.4 cm³/mol. The van der Waals surface area contributed by atoms with Gasteiger partial charge in [-0.15, -0.1) is 0 Å². The first kappa shape index (κ1) is 7.26. The van der Waals surface area contributed by atoms with E-state index in [1.807, 2.05) is 10.6 Å². The van der Waals surface area contributed by atoms with E-state index in [9.17, 15) is 14.4 Å². The zero-order valence-electron chi connectivity index (χ0n) is 5.25. The van der Waals surface area contributed by atoms with Crippen LogP contribution in [0, 0.1) is 0 Å². The van der Waals surface area contributed by atoms with Gasteiger partial charge in [0.2, 0.25) is 0 Å². The lowest BCUT2D eigenvalue weighted by molar-refractivity contribution is -0.131. The van der Waals surface area contributed by atoms with Crippen molar-refractivity contribution in [1.29, 1.82) is 0 Å². The monoisotopic (exact) mass is 156 g/mol. The third kappa shape index (κ3) is 1.54. The van der Waals surface area contributed by atoms with E-state index in [1.165, 1.54) is 0 Å². The number of hydrogen-bond donors (Lipinski definition) is 3. The Hall–Kier alpha value is -1.85. The van der Waals surface area contributed by atoms with Crippen molar-refractivity contribution in [1.82, 2.24) is 10.6 Å². The molecule has 0 aromatic carbocycles. The molecule has 0 unspecified atom stereocenters. The largest absolute Gasteiger partial charge is 0.478 e. The summed E-state index contributed by atoms with van der Waals surface area (Å²) in [5.41, 5.74) is -0.248. The van der Waals surface area contributed by atoms with Crippen LogP contribution in [-0.2, 0) is 9.59 Å². The van der Waals surface area contributed by atoms with Crippen LogP contribution in [-0.4, -0.2) is 23.0 Å². The summed E-state index contributed by atoms with van der Waals surface area (Å²) in [4.78, 5) is 31.0. The standard InChI is InChI=1S/C5H4N2O4/c8-3(9)1-2-4(10)7-5(11)6-2/h1H,(H,8,9)(H2,6,7,10,11)/b2-1-. The molecule has 0 aliphatic carbocycles. The SMILES string of the molecule is O=C(O)/C=C1\NC(=O)NC1=O. The molecule has 58 valence electrons. The number of rotatable bonds is 1. The molecule has 6 nitrogen and oxygen atoms in total. The molecular weight excluding hydrogens is 152 g/mol. The molecule has 1 aliphatic heterocycles. The first-order valence-corrected chi connectivity index (χ1v) is 2.66. The number of hydrogen-bond acceptors (Lipinski definition) is 3. The minimum atomic E-state index is -1.28. The Balaban J connectivity index is 2.83. The van der Waals surface area contributed by atoms with Crippen LogP contribution in [0.5, 0.6) is 0 Å². The number of aliphatic carboxylic acids is 1. The fourth-order valence-corrected chi connectivity index (χ4v) is 0.606. The van der Waals surface area contributed by atoms with Crippen molar-refractivity contribution in [3.63, 3.8) is 0 Å². The van der Waals surface area contributed by atoms with Gasteiger partial charge in [-0.1, -0.05) is 0 Å². The summed E-state index contributed by atoms with van der Waals surface area (Å²) in [7, 11) is 0. The molecule has 1 fully saturated rings. The highest BCUT2D eigenvalue weighted by atomic mass is 16.4. The quantitative estimate of drug-likeness (QED) is 0.328. The topological polar surface area (TPSA) is 95.5 Å². The molecule has 11 heavy (non-hydrogen) atoms. The maximum Gasteiger partial charge on any atom is 0.330 e. The molecule has 1 rings (SSSR count). The minimum Gasteiger partial charge on any atom is -0.478 e. The number of amides is 3. The van der Waals surface area contributed by atoms with Crippen molar-refractivity contribution in [2.75, 3.05) is 0 Å². The maximum atomic E-state index is 10.6. The summed E-state index contributed by atoms with van der Waals surface area (Å²) in [6.07, 6.45) is 0.625. The lowest BCUT2D eigenvalue weighted by Crippen LogP contribution is -2.22. The number of imide groups is 1. The molecule has 0 aromatic rings. The van der Waals surface area contributed by atoms with E-state index in [2.05, 4.69) is 0 Å². The molecule has 1 heterocycles. The van der Waals surface area contributed by atoms with E-state index in [0.29, 0.717) is 6.08 Å². The molecule has 3 N–H and O–H groups in total. The number of urea groups is 1. The van der Waals surface area contributed by atoms with Crippen molar-refractivity contribution in [3.8, 4) is 0 Å². The van der Waals surface area contributed by atoms with E-state index >= 15 is 0 Å². The average Bonchev–Trinajstić information content (AvgIpc) is 2.09. The highest BCUT2D eigenvalue weighted by Gasteiger charge is 2.23. The number of carboxylic acid groups (broad SMARTS) is 1. The number of carboxylic acids is 1. The summed E-state index contributed by atoms with van der Waals surface area (Å²) in [6.45, 7) is 0. The molecule has 1 saturated heterocycles. The molecule has 1 aliphatic rings. The summed E-state index contributed by atoms with van der Waals surface area (Å²) < 4.78 is 0. The van der Waals surface area contributed by atoms with Crippen molar-refractivity contribution in [2.24, 2.45) is 0 Å². The Labute approximate surface area is 60.9 Å². The van der Waals surface area contributed by atoms with Gasteiger partial charge in [0.15, 0.2) is 0 Å². The molecule has 0 radical (unpaired) electrons. The lowest BCUT2D eigenvalue weighted by atomic mass is 10.4. The van der Waals surface area contributed by atoms with Crippen LogP contribution in [0.2, 0.25) is 0 Å². The fourth-order valence-electron chi connectivity index (χ4n) is 0.606. The average molecular weight is 156 g/mol. The van der Waals surface area contributed by atoms with E-state index in [-0.39, 0.29) is 5.70 Å². The summed E-state index contributed by atoms with van der Waals surface area (Å²) in [5, 5.41) is 12.0. The predicted octanol–water partition coefficient (Wildman–Crippen LogP) is -1.21. The number of carbonyl (C=O) groups excluding carboxylic acids is 2. The summed E-state index contributed by atoms with van der Waals surface area (Å²) in [5.74, 6) is -2.00. The first-order chi connectivity index (χ1) is 5.09. The minimum absolute atomic E-state index is 0.248. The highest BCUT2D eigenvalue weighted by Crippen LogP contribution is 1.95. The van der Waals surface area contributed by atoms with E-state index in [4.69, 9.17) is 5.11 Å². The zero-order valence-corrected chi connectivity index (χ0v) is 5.25. The zero-order chi connectivity index (χ0) is 8.43. The van der Waals surface area contributed by atoms with Gasteiger partial charge in [0, 0.05) is 0 Å². The molecular formula is C5H4N2O4. The lowest BCUT2D eigenvalue weighted by Gasteiger charge is -1.87. The van der Waals surface area contributed by atoms with Gasteiger partial charge in [-0.05, 0) is 0 Å².